The highest BCUT2D eigenvalue weighted by Gasteiger charge is 2.49. The maximum Gasteiger partial charge on any atom is 0.0144 e. The van der Waals surface area contributed by atoms with Crippen molar-refractivity contribution in [2.45, 2.75) is 31.7 Å². The second-order valence-electron chi connectivity index (χ2n) is 3.93. The summed E-state index contributed by atoms with van der Waals surface area (Å²) in [5.74, 6) is 1.33. The van der Waals surface area contributed by atoms with Crippen molar-refractivity contribution in [1.29, 1.82) is 0 Å². The van der Waals surface area contributed by atoms with Crippen LogP contribution in [0.3, 0.4) is 0 Å². The van der Waals surface area contributed by atoms with E-state index in [0.717, 1.165) is 11.5 Å². The molecule has 11 heavy (non-hydrogen) atoms. The normalized spacial score (nSPS) is 33.0. The van der Waals surface area contributed by atoms with Gasteiger partial charge in [0, 0.05) is 12.6 Å². The third kappa shape index (κ3) is 1.20. The predicted molar refractivity (Wildman–Crippen MR) is 51.1 cm³/mol. The van der Waals surface area contributed by atoms with E-state index in [0.29, 0.717) is 0 Å². The highest BCUT2D eigenvalue weighted by atomic mass is 32.2. The van der Waals surface area contributed by atoms with Crippen LogP contribution in [0.1, 0.15) is 25.7 Å². The van der Waals surface area contributed by atoms with E-state index in [1.54, 1.807) is 0 Å². The molecule has 0 aromatic carbocycles. The van der Waals surface area contributed by atoms with E-state index in [4.69, 9.17) is 0 Å². The molecule has 1 unspecified atom stereocenters. The lowest BCUT2D eigenvalue weighted by Gasteiger charge is -2.57. The number of rotatable bonds is 3. The summed E-state index contributed by atoms with van der Waals surface area (Å²) < 4.78 is 0. The first-order chi connectivity index (χ1) is 5.37. The van der Waals surface area contributed by atoms with Crippen molar-refractivity contribution in [1.82, 2.24) is 5.32 Å². The summed E-state index contributed by atoms with van der Waals surface area (Å²) in [6.07, 6.45) is 8.07. The molecule has 2 fully saturated rings. The Balaban J connectivity index is 1.77. The van der Waals surface area contributed by atoms with Crippen molar-refractivity contribution >= 4 is 11.8 Å². The Hall–Kier alpha value is 0.310. The van der Waals surface area contributed by atoms with Gasteiger partial charge in [0.15, 0.2) is 0 Å². The monoisotopic (exact) mass is 171 g/mol. The van der Waals surface area contributed by atoms with Gasteiger partial charge >= 0.3 is 0 Å². The van der Waals surface area contributed by atoms with E-state index < -0.39 is 0 Å². The summed E-state index contributed by atoms with van der Waals surface area (Å²) in [5, 5.41) is 3.56. The van der Waals surface area contributed by atoms with Crippen LogP contribution in [0.5, 0.6) is 0 Å². The lowest BCUT2D eigenvalue weighted by atomic mass is 9.59. The van der Waals surface area contributed by atoms with Gasteiger partial charge in [0.2, 0.25) is 0 Å². The largest absolute Gasteiger partial charge is 0.313 e. The molecule has 1 heterocycles. The number of thioether (sulfide) groups is 1. The first-order valence-electron chi connectivity index (χ1n) is 4.60. The quantitative estimate of drug-likeness (QED) is 0.696. The van der Waals surface area contributed by atoms with E-state index in [1.165, 1.54) is 38.0 Å². The lowest BCUT2D eigenvalue weighted by Crippen LogP contribution is -2.65. The molecule has 0 amide bonds. The fraction of sp³-hybridized carbons (Fsp3) is 1.00. The first-order valence-corrected chi connectivity index (χ1v) is 5.99. The minimum atomic E-state index is 0.787. The van der Waals surface area contributed by atoms with Crippen LogP contribution in [-0.4, -0.2) is 24.6 Å². The van der Waals surface area contributed by atoms with Gasteiger partial charge in [-0.1, -0.05) is 6.42 Å². The molecule has 1 aliphatic heterocycles. The SMILES string of the molecule is CSCCC1NCC12CCC2. The molecule has 0 aromatic rings. The Bertz CT molecular complexity index is 137. The van der Waals surface area contributed by atoms with Gasteiger partial charge in [0.25, 0.3) is 0 Å². The Morgan fingerprint density at radius 1 is 1.55 bits per heavy atom. The standard InChI is InChI=1S/C9H17NS/c1-11-6-3-8-9(7-10-8)4-2-5-9/h8,10H,2-7H2,1H3. The Morgan fingerprint density at radius 2 is 2.36 bits per heavy atom. The molecule has 1 atom stereocenters. The summed E-state index contributed by atoms with van der Waals surface area (Å²) >= 11 is 1.97. The fourth-order valence-electron chi connectivity index (χ4n) is 2.34. The minimum Gasteiger partial charge on any atom is -0.313 e. The zero-order valence-corrected chi connectivity index (χ0v) is 8.04. The zero-order valence-electron chi connectivity index (χ0n) is 7.23. The molecule has 1 N–H and O–H groups in total. The van der Waals surface area contributed by atoms with Gasteiger partial charge < -0.3 is 5.32 Å². The molecule has 2 aliphatic rings. The van der Waals surface area contributed by atoms with Gasteiger partial charge in [0.1, 0.15) is 0 Å². The molecule has 0 bridgehead atoms. The van der Waals surface area contributed by atoms with Crippen LogP contribution < -0.4 is 5.32 Å². The van der Waals surface area contributed by atoms with Gasteiger partial charge in [-0.25, -0.2) is 0 Å². The molecule has 1 aliphatic carbocycles. The van der Waals surface area contributed by atoms with Crippen LogP contribution in [0.15, 0.2) is 0 Å². The summed E-state index contributed by atoms with van der Waals surface area (Å²) in [4.78, 5) is 0. The molecule has 1 saturated heterocycles. The summed E-state index contributed by atoms with van der Waals surface area (Å²) in [6.45, 7) is 1.31. The Kier molecular flexibility index (Phi) is 2.15. The van der Waals surface area contributed by atoms with E-state index >= 15 is 0 Å². The van der Waals surface area contributed by atoms with Crippen LogP contribution in [0.4, 0.5) is 0 Å². The third-order valence-corrected chi connectivity index (χ3v) is 4.04. The summed E-state index contributed by atoms with van der Waals surface area (Å²) in [6, 6.07) is 0.878. The van der Waals surface area contributed by atoms with Crippen molar-refractivity contribution in [3.63, 3.8) is 0 Å². The molecule has 0 radical (unpaired) electrons. The van der Waals surface area contributed by atoms with Crippen molar-refractivity contribution in [3.05, 3.63) is 0 Å². The highest BCUT2D eigenvalue weighted by molar-refractivity contribution is 7.98. The number of hydrogen-bond acceptors (Lipinski definition) is 2. The van der Waals surface area contributed by atoms with Crippen LogP contribution >= 0.6 is 11.8 Å². The molecule has 0 aromatic heterocycles. The first kappa shape index (κ1) is 7.93. The Morgan fingerprint density at radius 3 is 2.73 bits per heavy atom. The van der Waals surface area contributed by atoms with Crippen molar-refractivity contribution < 1.29 is 0 Å². The van der Waals surface area contributed by atoms with Crippen LogP contribution in [0.25, 0.3) is 0 Å². The topological polar surface area (TPSA) is 12.0 Å². The summed E-state index contributed by atoms with van der Waals surface area (Å²) in [7, 11) is 0. The minimum absolute atomic E-state index is 0.787. The number of nitrogens with one attached hydrogen (secondary N) is 1. The second-order valence-corrected chi connectivity index (χ2v) is 4.92. The molecule has 1 saturated carbocycles. The van der Waals surface area contributed by atoms with E-state index in [1.807, 2.05) is 11.8 Å². The average Bonchev–Trinajstić information content (AvgIpc) is 1.83. The number of hydrogen-bond donors (Lipinski definition) is 1. The van der Waals surface area contributed by atoms with Gasteiger partial charge in [-0.2, -0.15) is 11.8 Å². The van der Waals surface area contributed by atoms with Gasteiger partial charge in [-0.15, -0.1) is 0 Å². The van der Waals surface area contributed by atoms with Crippen molar-refractivity contribution in [3.8, 4) is 0 Å². The van der Waals surface area contributed by atoms with E-state index in [-0.39, 0.29) is 0 Å². The van der Waals surface area contributed by atoms with Gasteiger partial charge in [-0.05, 0) is 36.7 Å². The van der Waals surface area contributed by atoms with Crippen molar-refractivity contribution in [2.24, 2.45) is 5.41 Å². The highest BCUT2D eigenvalue weighted by Crippen LogP contribution is 2.49. The molecular formula is C9H17NS. The molecule has 64 valence electrons. The summed E-state index contributed by atoms with van der Waals surface area (Å²) in [5.41, 5.74) is 0.787. The van der Waals surface area contributed by atoms with Crippen LogP contribution in [0, 0.1) is 5.41 Å². The lowest BCUT2D eigenvalue weighted by molar-refractivity contribution is -0.00522. The maximum atomic E-state index is 3.56. The maximum absolute atomic E-state index is 3.56. The zero-order chi connectivity index (χ0) is 7.73. The molecule has 1 nitrogen and oxygen atoms in total. The smallest absolute Gasteiger partial charge is 0.0144 e. The van der Waals surface area contributed by atoms with Crippen molar-refractivity contribution in [2.75, 3.05) is 18.6 Å². The Labute approximate surface area is 73.3 Å². The molecule has 2 heteroatoms. The molecule has 2 rings (SSSR count). The predicted octanol–water partition coefficient (Wildman–Crippen LogP) is 1.88. The van der Waals surface area contributed by atoms with Crippen LogP contribution in [-0.2, 0) is 0 Å². The third-order valence-electron chi connectivity index (χ3n) is 3.40. The molecular weight excluding hydrogens is 154 g/mol. The van der Waals surface area contributed by atoms with E-state index in [9.17, 15) is 0 Å². The second kappa shape index (κ2) is 2.98. The van der Waals surface area contributed by atoms with Gasteiger partial charge in [0.05, 0.1) is 0 Å². The van der Waals surface area contributed by atoms with E-state index in [2.05, 4.69) is 11.6 Å². The molecule has 1 spiro atoms. The van der Waals surface area contributed by atoms with Crippen LogP contribution in [0.2, 0.25) is 0 Å². The van der Waals surface area contributed by atoms with Gasteiger partial charge in [-0.3, -0.25) is 0 Å². The fourth-order valence-corrected chi connectivity index (χ4v) is 2.81. The average molecular weight is 171 g/mol.